The van der Waals surface area contributed by atoms with Gasteiger partial charge >= 0.3 is 0 Å². The van der Waals surface area contributed by atoms with Crippen LogP contribution in [0, 0.1) is 11.8 Å². The summed E-state index contributed by atoms with van der Waals surface area (Å²) in [4.78, 5) is 0. The number of ether oxygens (including phenoxy) is 2. The van der Waals surface area contributed by atoms with Gasteiger partial charge < -0.3 is 24.8 Å². The third-order valence-corrected chi connectivity index (χ3v) is 5.06. The normalized spacial score (nSPS) is 34.1. The smallest absolute Gasteiger partial charge is 0.110 e. The van der Waals surface area contributed by atoms with Crippen LogP contribution in [0.2, 0.25) is 0 Å². The molecule has 1 rings (SSSR count). The van der Waals surface area contributed by atoms with E-state index in [0.29, 0.717) is 5.92 Å². The summed E-state index contributed by atoms with van der Waals surface area (Å²) in [6.45, 7) is 8.33. The van der Waals surface area contributed by atoms with Gasteiger partial charge in [-0.1, -0.05) is 33.6 Å². The lowest BCUT2D eigenvalue weighted by atomic mass is 9.79. The van der Waals surface area contributed by atoms with Gasteiger partial charge in [0, 0.05) is 5.92 Å². The van der Waals surface area contributed by atoms with Gasteiger partial charge in [-0.25, -0.2) is 0 Å². The van der Waals surface area contributed by atoms with Crippen LogP contribution < -0.4 is 0 Å². The van der Waals surface area contributed by atoms with E-state index in [1.54, 1.807) is 0 Å². The zero-order valence-electron chi connectivity index (χ0n) is 14.4. The molecule has 0 amide bonds. The van der Waals surface area contributed by atoms with Crippen molar-refractivity contribution in [2.75, 3.05) is 13.2 Å². The molecule has 5 heteroatoms. The molecule has 6 atom stereocenters. The van der Waals surface area contributed by atoms with E-state index in [2.05, 4.69) is 13.8 Å². The van der Waals surface area contributed by atoms with E-state index in [1.807, 2.05) is 13.8 Å². The molecule has 0 bridgehead atoms. The van der Waals surface area contributed by atoms with E-state index < -0.39 is 24.4 Å². The first-order chi connectivity index (χ1) is 10.5. The van der Waals surface area contributed by atoms with Gasteiger partial charge in [0.1, 0.15) is 12.2 Å². The third-order valence-electron chi connectivity index (χ3n) is 5.06. The topological polar surface area (TPSA) is 79.2 Å². The van der Waals surface area contributed by atoms with Crippen molar-refractivity contribution in [3.63, 3.8) is 0 Å². The van der Waals surface area contributed by atoms with Gasteiger partial charge in [-0.15, -0.1) is 0 Å². The van der Waals surface area contributed by atoms with Crippen LogP contribution in [0.4, 0.5) is 0 Å². The first-order valence-corrected chi connectivity index (χ1v) is 8.72. The standard InChI is InChI=1S/C17H34O5/c1-5-11(4)21-10-15-17(20)16(19)13(14(9-18)22-15)8-12(6-2)7-3/h11-20H,5-10H2,1-4H3. The van der Waals surface area contributed by atoms with Crippen LogP contribution in [0.25, 0.3) is 0 Å². The lowest BCUT2D eigenvalue weighted by Crippen LogP contribution is -2.57. The van der Waals surface area contributed by atoms with Crippen molar-refractivity contribution in [2.24, 2.45) is 11.8 Å². The quantitative estimate of drug-likeness (QED) is 0.603. The highest BCUT2D eigenvalue weighted by Gasteiger charge is 2.44. The van der Waals surface area contributed by atoms with Crippen LogP contribution in [0.1, 0.15) is 53.4 Å². The molecule has 1 fully saturated rings. The average molecular weight is 318 g/mol. The Morgan fingerprint density at radius 1 is 1.00 bits per heavy atom. The summed E-state index contributed by atoms with van der Waals surface area (Å²) >= 11 is 0. The number of rotatable bonds is 9. The Balaban J connectivity index is 2.68. The first-order valence-electron chi connectivity index (χ1n) is 8.72. The highest BCUT2D eigenvalue weighted by molar-refractivity contribution is 4.92. The Hall–Kier alpha value is -0.200. The Bertz CT molecular complexity index is 293. The largest absolute Gasteiger partial charge is 0.394 e. The fraction of sp³-hybridized carbons (Fsp3) is 1.00. The van der Waals surface area contributed by atoms with Gasteiger partial charge in [0.2, 0.25) is 0 Å². The molecule has 1 aliphatic heterocycles. The summed E-state index contributed by atoms with van der Waals surface area (Å²) in [5, 5.41) is 30.4. The molecule has 0 spiro atoms. The van der Waals surface area contributed by atoms with Crippen molar-refractivity contribution >= 4 is 0 Å². The highest BCUT2D eigenvalue weighted by atomic mass is 16.6. The van der Waals surface area contributed by atoms with Gasteiger partial charge in [-0.05, 0) is 25.7 Å². The Kier molecular flexibility index (Phi) is 8.87. The monoisotopic (exact) mass is 318 g/mol. The number of aliphatic hydroxyl groups excluding tert-OH is 3. The second-order valence-corrected chi connectivity index (χ2v) is 6.51. The summed E-state index contributed by atoms with van der Waals surface area (Å²) < 4.78 is 11.5. The Labute approximate surface area is 134 Å². The van der Waals surface area contributed by atoms with Crippen LogP contribution in [-0.4, -0.2) is 59.1 Å². The molecular formula is C17H34O5. The Morgan fingerprint density at radius 3 is 2.14 bits per heavy atom. The van der Waals surface area contributed by atoms with Crippen molar-refractivity contribution in [3.8, 4) is 0 Å². The average Bonchev–Trinajstić information content (AvgIpc) is 2.54. The summed E-state index contributed by atoms with van der Waals surface area (Å²) in [6, 6.07) is 0. The van der Waals surface area contributed by atoms with Crippen LogP contribution in [0.5, 0.6) is 0 Å². The molecule has 0 aromatic heterocycles. The summed E-state index contributed by atoms with van der Waals surface area (Å²) in [5.74, 6) is 0.238. The SMILES string of the molecule is CCC(CC)CC1C(CO)OC(COC(C)CC)C(O)C1O. The van der Waals surface area contributed by atoms with Crippen LogP contribution >= 0.6 is 0 Å². The van der Waals surface area contributed by atoms with Crippen LogP contribution in [0.3, 0.4) is 0 Å². The maximum atomic E-state index is 10.5. The van der Waals surface area contributed by atoms with Crippen molar-refractivity contribution in [3.05, 3.63) is 0 Å². The molecule has 6 unspecified atom stereocenters. The molecule has 0 aromatic carbocycles. The molecule has 22 heavy (non-hydrogen) atoms. The molecule has 5 nitrogen and oxygen atoms in total. The molecule has 1 saturated heterocycles. The molecule has 0 aliphatic carbocycles. The van der Waals surface area contributed by atoms with Gasteiger partial charge in [-0.3, -0.25) is 0 Å². The van der Waals surface area contributed by atoms with E-state index in [-0.39, 0.29) is 25.2 Å². The van der Waals surface area contributed by atoms with Crippen LogP contribution in [0.15, 0.2) is 0 Å². The molecule has 3 N–H and O–H groups in total. The molecule has 1 heterocycles. The van der Waals surface area contributed by atoms with E-state index in [9.17, 15) is 15.3 Å². The Morgan fingerprint density at radius 2 is 1.64 bits per heavy atom. The maximum absolute atomic E-state index is 10.5. The second kappa shape index (κ2) is 9.83. The van der Waals surface area contributed by atoms with Crippen LogP contribution in [-0.2, 0) is 9.47 Å². The minimum absolute atomic E-state index is 0.0859. The molecule has 1 aliphatic rings. The first kappa shape index (κ1) is 19.8. The predicted octanol–water partition coefficient (Wildman–Crippen LogP) is 1.73. The zero-order valence-corrected chi connectivity index (χ0v) is 14.4. The van der Waals surface area contributed by atoms with Gasteiger partial charge in [0.15, 0.2) is 0 Å². The summed E-state index contributed by atoms with van der Waals surface area (Å²) in [7, 11) is 0. The second-order valence-electron chi connectivity index (χ2n) is 6.51. The number of hydrogen-bond acceptors (Lipinski definition) is 5. The molecule has 0 radical (unpaired) electrons. The van der Waals surface area contributed by atoms with Crippen molar-refractivity contribution in [2.45, 2.75) is 83.9 Å². The number of hydrogen-bond donors (Lipinski definition) is 3. The molecule has 0 saturated carbocycles. The van der Waals surface area contributed by atoms with E-state index in [1.165, 1.54) is 0 Å². The molecular weight excluding hydrogens is 284 g/mol. The van der Waals surface area contributed by atoms with E-state index >= 15 is 0 Å². The fourth-order valence-electron chi connectivity index (χ4n) is 3.09. The van der Waals surface area contributed by atoms with E-state index in [4.69, 9.17) is 9.47 Å². The van der Waals surface area contributed by atoms with Gasteiger partial charge in [0.25, 0.3) is 0 Å². The van der Waals surface area contributed by atoms with Gasteiger partial charge in [0.05, 0.1) is 31.5 Å². The summed E-state index contributed by atoms with van der Waals surface area (Å²) in [6.07, 6.45) is 0.902. The van der Waals surface area contributed by atoms with Gasteiger partial charge in [-0.2, -0.15) is 0 Å². The van der Waals surface area contributed by atoms with Crippen molar-refractivity contribution in [1.29, 1.82) is 0 Å². The third kappa shape index (κ3) is 5.17. The van der Waals surface area contributed by atoms with Crippen molar-refractivity contribution < 1.29 is 24.8 Å². The highest BCUT2D eigenvalue weighted by Crippen LogP contribution is 2.33. The maximum Gasteiger partial charge on any atom is 0.110 e. The fourth-order valence-corrected chi connectivity index (χ4v) is 3.09. The lowest BCUT2D eigenvalue weighted by Gasteiger charge is -2.43. The lowest BCUT2D eigenvalue weighted by molar-refractivity contribution is -0.226. The summed E-state index contributed by atoms with van der Waals surface area (Å²) in [5.41, 5.74) is 0. The van der Waals surface area contributed by atoms with Crippen molar-refractivity contribution in [1.82, 2.24) is 0 Å². The predicted molar refractivity (Wildman–Crippen MR) is 85.6 cm³/mol. The van der Waals surface area contributed by atoms with E-state index in [0.717, 1.165) is 25.7 Å². The minimum atomic E-state index is -0.966. The molecule has 132 valence electrons. The zero-order chi connectivity index (χ0) is 16.7. The minimum Gasteiger partial charge on any atom is -0.394 e. The number of aliphatic hydroxyl groups is 3. The molecule has 0 aromatic rings.